The predicted molar refractivity (Wildman–Crippen MR) is 77.4 cm³/mol. The molecule has 0 aromatic heterocycles. The second-order valence-electron chi connectivity index (χ2n) is 3.82. The molecule has 2 rings (SSSR count). The van der Waals surface area contributed by atoms with Gasteiger partial charge in [-0.25, -0.2) is 0 Å². The molecular weight excluding hydrogens is 298 g/mol. The van der Waals surface area contributed by atoms with E-state index in [-0.39, 0.29) is 0 Å². The van der Waals surface area contributed by atoms with E-state index in [4.69, 9.17) is 11.6 Å². The summed E-state index contributed by atoms with van der Waals surface area (Å²) >= 11 is 9.87. The van der Waals surface area contributed by atoms with Gasteiger partial charge < -0.3 is 5.32 Å². The van der Waals surface area contributed by atoms with Crippen molar-refractivity contribution in [3.63, 3.8) is 0 Å². The molecule has 0 radical (unpaired) electrons. The highest BCUT2D eigenvalue weighted by atomic mass is 79.9. The maximum Gasteiger partial charge on any atom is 0.0488 e. The molecule has 0 unspecified atom stereocenters. The van der Waals surface area contributed by atoms with Crippen molar-refractivity contribution < 1.29 is 0 Å². The summed E-state index contributed by atoms with van der Waals surface area (Å²) in [4.78, 5) is 0. The first-order valence-corrected chi connectivity index (χ1v) is 6.57. The molecular formula is C14H13BrClN. The lowest BCUT2D eigenvalue weighted by Crippen LogP contribution is -2.04. The van der Waals surface area contributed by atoms with Crippen molar-refractivity contribution in [2.45, 2.75) is 6.54 Å². The Labute approximate surface area is 115 Å². The number of hydrogen-bond donors (Lipinski definition) is 1. The third-order valence-electron chi connectivity index (χ3n) is 2.58. The van der Waals surface area contributed by atoms with Crippen LogP contribution < -0.4 is 5.32 Å². The van der Waals surface area contributed by atoms with Gasteiger partial charge >= 0.3 is 0 Å². The van der Waals surface area contributed by atoms with Gasteiger partial charge in [-0.1, -0.05) is 57.9 Å². The first kappa shape index (κ1) is 12.6. The van der Waals surface area contributed by atoms with Gasteiger partial charge in [0.2, 0.25) is 0 Å². The lowest BCUT2D eigenvalue weighted by molar-refractivity contribution is 0.818. The minimum Gasteiger partial charge on any atom is -0.316 e. The highest BCUT2D eigenvalue weighted by Crippen LogP contribution is 2.33. The van der Waals surface area contributed by atoms with Crippen molar-refractivity contribution in [1.29, 1.82) is 0 Å². The first-order valence-electron chi connectivity index (χ1n) is 5.40. The van der Waals surface area contributed by atoms with Gasteiger partial charge in [0, 0.05) is 21.6 Å². The minimum atomic E-state index is 0.782. The molecule has 17 heavy (non-hydrogen) atoms. The topological polar surface area (TPSA) is 12.0 Å². The van der Waals surface area contributed by atoms with Gasteiger partial charge in [-0.15, -0.1) is 0 Å². The van der Waals surface area contributed by atoms with E-state index in [2.05, 4.69) is 39.4 Å². The third-order valence-corrected chi connectivity index (χ3v) is 3.58. The number of rotatable bonds is 3. The number of nitrogens with one attached hydrogen (secondary N) is 1. The summed E-state index contributed by atoms with van der Waals surface area (Å²) in [6.07, 6.45) is 0. The molecule has 0 saturated heterocycles. The van der Waals surface area contributed by atoms with E-state index in [1.165, 1.54) is 5.56 Å². The van der Waals surface area contributed by atoms with Crippen LogP contribution in [0.4, 0.5) is 0 Å². The molecule has 0 heterocycles. The number of halogens is 2. The van der Waals surface area contributed by atoms with Crippen molar-refractivity contribution in [3.05, 3.63) is 57.5 Å². The summed E-state index contributed by atoms with van der Waals surface area (Å²) in [6.45, 7) is 0.829. The van der Waals surface area contributed by atoms with Crippen molar-refractivity contribution in [3.8, 4) is 11.1 Å². The summed E-state index contributed by atoms with van der Waals surface area (Å²) in [5.74, 6) is 0. The van der Waals surface area contributed by atoms with Crippen LogP contribution in [0.25, 0.3) is 11.1 Å². The zero-order valence-corrected chi connectivity index (χ0v) is 11.8. The quantitative estimate of drug-likeness (QED) is 0.881. The fourth-order valence-electron chi connectivity index (χ4n) is 1.77. The van der Waals surface area contributed by atoms with Crippen molar-refractivity contribution >= 4 is 27.5 Å². The smallest absolute Gasteiger partial charge is 0.0488 e. The van der Waals surface area contributed by atoms with Gasteiger partial charge in [0.1, 0.15) is 0 Å². The molecule has 0 amide bonds. The van der Waals surface area contributed by atoms with Crippen LogP contribution in [0.2, 0.25) is 5.02 Å². The second kappa shape index (κ2) is 5.67. The number of hydrogen-bond acceptors (Lipinski definition) is 1. The Morgan fingerprint density at radius 1 is 1.12 bits per heavy atom. The maximum absolute atomic E-state index is 6.32. The van der Waals surface area contributed by atoms with Crippen molar-refractivity contribution in [1.82, 2.24) is 5.32 Å². The zero-order valence-electron chi connectivity index (χ0n) is 9.50. The van der Waals surface area contributed by atoms with Crippen LogP contribution in [0.5, 0.6) is 0 Å². The van der Waals surface area contributed by atoms with E-state index in [0.717, 1.165) is 27.2 Å². The summed E-state index contributed by atoms with van der Waals surface area (Å²) in [5, 5.41) is 3.90. The van der Waals surface area contributed by atoms with Gasteiger partial charge in [0.25, 0.3) is 0 Å². The predicted octanol–water partition coefficient (Wildman–Crippen LogP) is 4.49. The largest absolute Gasteiger partial charge is 0.316 e. The van der Waals surface area contributed by atoms with E-state index >= 15 is 0 Å². The van der Waals surface area contributed by atoms with E-state index in [1.807, 2.05) is 31.3 Å². The normalized spacial score (nSPS) is 10.5. The highest BCUT2D eigenvalue weighted by molar-refractivity contribution is 9.10. The van der Waals surface area contributed by atoms with Crippen molar-refractivity contribution in [2.75, 3.05) is 7.05 Å². The van der Waals surface area contributed by atoms with E-state index in [9.17, 15) is 0 Å². The maximum atomic E-state index is 6.32. The van der Waals surface area contributed by atoms with Gasteiger partial charge in [0.15, 0.2) is 0 Å². The average molecular weight is 311 g/mol. The highest BCUT2D eigenvalue weighted by Gasteiger charge is 2.07. The fraction of sp³-hybridized carbons (Fsp3) is 0.143. The van der Waals surface area contributed by atoms with Crippen LogP contribution in [0.1, 0.15) is 5.56 Å². The summed E-state index contributed by atoms with van der Waals surface area (Å²) in [5.41, 5.74) is 3.36. The molecule has 0 spiro atoms. The number of benzene rings is 2. The molecule has 0 aliphatic carbocycles. The lowest BCUT2D eigenvalue weighted by Gasteiger charge is -2.09. The SMILES string of the molecule is CNCc1ccc(-c2ccccc2Br)c(Cl)c1. The molecule has 0 aliphatic rings. The monoisotopic (exact) mass is 309 g/mol. The second-order valence-corrected chi connectivity index (χ2v) is 5.09. The Balaban J connectivity index is 2.44. The average Bonchev–Trinajstić information content (AvgIpc) is 2.31. The molecule has 0 fully saturated rings. The van der Waals surface area contributed by atoms with E-state index < -0.39 is 0 Å². The van der Waals surface area contributed by atoms with E-state index in [0.29, 0.717) is 0 Å². The fourth-order valence-corrected chi connectivity index (χ4v) is 2.57. The van der Waals surface area contributed by atoms with Crippen LogP contribution in [0.15, 0.2) is 46.9 Å². The van der Waals surface area contributed by atoms with Crippen molar-refractivity contribution in [2.24, 2.45) is 0 Å². The Morgan fingerprint density at radius 3 is 2.53 bits per heavy atom. The molecule has 3 heteroatoms. The lowest BCUT2D eigenvalue weighted by atomic mass is 10.0. The molecule has 0 aliphatic heterocycles. The molecule has 2 aromatic carbocycles. The van der Waals surface area contributed by atoms with Crippen LogP contribution in [-0.4, -0.2) is 7.05 Å². The minimum absolute atomic E-state index is 0.782. The summed E-state index contributed by atoms with van der Waals surface area (Å²) in [6, 6.07) is 14.3. The van der Waals surface area contributed by atoms with Gasteiger partial charge in [-0.3, -0.25) is 0 Å². The standard InChI is InChI=1S/C14H13BrClN/c1-17-9-10-6-7-12(14(16)8-10)11-4-2-3-5-13(11)15/h2-8,17H,9H2,1H3. The summed E-state index contributed by atoms with van der Waals surface area (Å²) < 4.78 is 1.06. The van der Waals surface area contributed by atoms with Crippen LogP contribution >= 0.6 is 27.5 Å². The summed E-state index contributed by atoms with van der Waals surface area (Å²) in [7, 11) is 1.93. The molecule has 0 bridgehead atoms. The molecule has 0 atom stereocenters. The van der Waals surface area contributed by atoms with Crippen LogP contribution in [-0.2, 0) is 6.54 Å². The van der Waals surface area contributed by atoms with Crippen LogP contribution in [0.3, 0.4) is 0 Å². The Morgan fingerprint density at radius 2 is 1.88 bits per heavy atom. The van der Waals surface area contributed by atoms with Gasteiger partial charge in [-0.2, -0.15) is 0 Å². The molecule has 88 valence electrons. The van der Waals surface area contributed by atoms with Gasteiger partial charge in [0.05, 0.1) is 0 Å². The Kier molecular flexibility index (Phi) is 4.21. The first-order chi connectivity index (χ1) is 8.22. The Hall–Kier alpha value is -0.830. The van der Waals surface area contributed by atoms with E-state index in [1.54, 1.807) is 0 Å². The molecule has 2 aromatic rings. The molecule has 0 saturated carbocycles. The third kappa shape index (κ3) is 2.89. The molecule has 1 nitrogen and oxygen atoms in total. The zero-order chi connectivity index (χ0) is 12.3. The Bertz CT molecular complexity index is 525. The van der Waals surface area contributed by atoms with Crippen LogP contribution in [0, 0.1) is 0 Å². The molecule has 1 N–H and O–H groups in total. The van der Waals surface area contributed by atoms with Gasteiger partial charge in [-0.05, 0) is 30.3 Å².